The fourth-order valence-electron chi connectivity index (χ4n) is 7.93. The van der Waals surface area contributed by atoms with Gasteiger partial charge in [0.15, 0.2) is 0 Å². The van der Waals surface area contributed by atoms with Gasteiger partial charge >= 0.3 is 0 Å². The quantitative estimate of drug-likeness (QED) is 0.176. The van der Waals surface area contributed by atoms with E-state index in [1.54, 1.807) is 11.3 Å². The highest BCUT2D eigenvalue weighted by molar-refractivity contribution is 7.21. The molecule has 0 spiro atoms. The molecule has 0 saturated heterocycles. The maximum atomic E-state index is 5.21. The fourth-order valence-corrected chi connectivity index (χ4v) is 8.91. The second-order valence-electron chi connectivity index (χ2n) is 12.8. The van der Waals surface area contributed by atoms with Crippen molar-refractivity contribution in [2.75, 3.05) is 0 Å². The summed E-state index contributed by atoms with van der Waals surface area (Å²) in [6.45, 7) is 0. The average Bonchev–Trinajstić information content (AvgIpc) is 3.84. The van der Waals surface area contributed by atoms with Gasteiger partial charge in [0.1, 0.15) is 5.01 Å². The monoisotopic (exact) mass is 641 g/mol. The molecule has 0 saturated carbocycles. The normalized spacial score (nSPS) is 12.1. The van der Waals surface area contributed by atoms with Crippen LogP contribution in [0.4, 0.5) is 0 Å². The van der Waals surface area contributed by atoms with Crippen molar-refractivity contribution in [1.82, 2.24) is 14.1 Å². The lowest BCUT2D eigenvalue weighted by Gasteiger charge is -2.12. The molecular weight excluding hydrogens is 615 g/mol. The van der Waals surface area contributed by atoms with Crippen LogP contribution in [0.15, 0.2) is 164 Å². The van der Waals surface area contributed by atoms with Crippen LogP contribution in [0.3, 0.4) is 0 Å². The van der Waals surface area contributed by atoms with Crippen molar-refractivity contribution >= 4 is 86.7 Å². The van der Waals surface area contributed by atoms with Gasteiger partial charge in [0.25, 0.3) is 0 Å². The fraction of sp³-hybridized carbons (Fsp3) is 0. The standard InChI is InChI=1S/C45H27N3S/c1-3-11-29(12-4-1)45-46-44-42(49-45)24-21-28-19-20-30-25-32(22-23-33(30)43(28)44)48-39-18-10-8-16-35(39)37-26-36-34-15-7-9-17-38(34)47(40(36)27-41(37)48)31-13-5-2-6-14-31/h1-27H. The number of fused-ring (bicyclic) bond motifs is 11. The molecule has 0 N–H and O–H groups in total. The van der Waals surface area contributed by atoms with Crippen molar-refractivity contribution in [3.05, 3.63) is 164 Å². The number of hydrogen-bond donors (Lipinski definition) is 0. The zero-order chi connectivity index (χ0) is 32.1. The van der Waals surface area contributed by atoms with Crippen molar-refractivity contribution in [3.8, 4) is 21.9 Å². The van der Waals surface area contributed by atoms with Crippen molar-refractivity contribution in [3.63, 3.8) is 0 Å². The minimum atomic E-state index is 1.06. The molecule has 0 atom stereocenters. The van der Waals surface area contributed by atoms with E-state index in [2.05, 4.69) is 173 Å². The molecule has 3 heterocycles. The van der Waals surface area contributed by atoms with E-state index in [-0.39, 0.29) is 0 Å². The number of aromatic nitrogens is 3. The predicted octanol–water partition coefficient (Wildman–Crippen LogP) is 12.5. The Bertz CT molecular complexity index is 3090. The molecule has 0 aliphatic heterocycles. The Hall–Kier alpha value is -6.23. The highest BCUT2D eigenvalue weighted by Crippen LogP contribution is 2.41. The lowest BCUT2D eigenvalue weighted by molar-refractivity contribution is 1.17. The number of rotatable bonds is 3. The molecule has 8 aromatic carbocycles. The van der Waals surface area contributed by atoms with Gasteiger partial charge in [0.05, 0.1) is 32.3 Å². The maximum absolute atomic E-state index is 5.21. The molecule has 4 heteroatoms. The third-order valence-corrected chi connectivity index (χ3v) is 11.2. The van der Waals surface area contributed by atoms with Gasteiger partial charge in [-0.2, -0.15) is 0 Å². The van der Waals surface area contributed by atoms with Crippen LogP contribution in [-0.4, -0.2) is 14.1 Å². The number of hydrogen-bond acceptors (Lipinski definition) is 2. The van der Waals surface area contributed by atoms with Crippen molar-refractivity contribution in [2.45, 2.75) is 0 Å². The van der Waals surface area contributed by atoms with Crippen LogP contribution in [0.5, 0.6) is 0 Å². The average molecular weight is 642 g/mol. The summed E-state index contributed by atoms with van der Waals surface area (Å²) in [6, 6.07) is 59.5. The SMILES string of the molecule is c1ccc(-c2nc3c(ccc4ccc5cc(-n6c7ccccc7c7cc8c9ccccc9n(-c9ccccc9)c8cc76)ccc5c43)s2)cc1. The van der Waals surface area contributed by atoms with Crippen LogP contribution in [0.25, 0.3) is 97.3 Å². The van der Waals surface area contributed by atoms with Gasteiger partial charge in [-0.1, -0.05) is 109 Å². The summed E-state index contributed by atoms with van der Waals surface area (Å²) in [4.78, 5) is 5.21. The van der Waals surface area contributed by atoms with E-state index >= 15 is 0 Å². The van der Waals surface area contributed by atoms with Crippen LogP contribution in [0.1, 0.15) is 0 Å². The Balaban J connectivity index is 1.19. The minimum absolute atomic E-state index is 1.06. The second-order valence-corrected chi connectivity index (χ2v) is 13.8. The summed E-state index contributed by atoms with van der Waals surface area (Å²) < 4.78 is 6.06. The first-order valence-corrected chi connectivity index (χ1v) is 17.5. The zero-order valence-electron chi connectivity index (χ0n) is 26.3. The Kier molecular flexibility index (Phi) is 5.54. The van der Waals surface area contributed by atoms with Gasteiger partial charge in [0, 0.05) is 43.9 Å². The summed E-state index contributed by atoms with van der Waals surface area (Å²) in [7, 11) is 0. The van der Waals surface area contributed by atoms with E-state index in [1.807, 2.05) is 0 Å². The topological polar surface area (TPSA) is 22.8 Å². The largest absolute Gasteiger partial charge is 0.309 e. The molecule has 0 unspecified atom stereocenters. The van der Waals surface area contributed by atoms with E-state index < -0.39 is 0 Å². The number of para-hydroxylation sites is 3. The molecule has 49 heavy (non-hydrogen) atoms. The Labute approximate surface area is 285 Å². The third-order valence-electron chi connectivity index (χ3n) is 10.1. The van der Waals surface area contributed by atoms with Gasteiger partial charge < -0.3 is 9.13 Å². The summed E-state index contributed by atoms with van der Waals surface area (Å²) in [5.41, 5.74) is 9.37. The zero-order valence-corrected chi connectivity index (χ0v) is 27.2. The molecule has 11 rings (SSSR count). The van der Waals surface area contributed by atoms with Crippen molar-refractivity contribution in [2.24, 2.45) is 0 Å². The molecule has 11 aromatic rings. The molecule has 0 amide bonds. The smallest absolute Gasteiger partial charge is 0.124 e. The number of benzene rings is 8. The lowest BCUT2D eigenvalue weighted by atomic mass is 10.0. The van der Waals surface area contributed by atoms with Gasteiger partial charge in [-0.15, -0.1) is 11.3 Å². The number of thiazole rings is 1. The van der Waals surface area contributed by atoms with E-state index in [9.17, 15) is 0 Å². The van der Waals surface area contributed by atoms with Crippen LogP contribution >= 0.6 is 11.3 Å². The molecular formula is C45H27N3S. The van der Waals surface area contributed by atoms with E-state index in [0.717, 1.165) is 27.5 Å². The predicted molar refractivity (Wildman–Crippen MR) is 209 cm³/mol. The van der Waals surface area contributed by atoms with Crippen LogP contribution < -0.4 is 0 Å². The maximum Gasteiger partial charge on any atom is 0.124 e. The van der Waals surface area contributed by atoms with E-state index in [4.69, 9.17) is 4.98 Å². The first-order valence-electron chi connectivity index (χ1n) is 16.6. The Morgan fingerprint density at radius 1 is 0.408 bits per heavy atom. The van der Waals surface area contributed by atoms with Crippen molar-refractivity contribution < 1.29 is 0 Å². The Morgan fingerprint density at radius 2 is 1.02 bits per heavy atom. The summed E-state index contributed by atoms with van der Waals surface area (Å²) in [5, 5.41) is 11.0. The molecule has 228 valence electrons. The van der Waals surface area contributed by atoms with E-state index in [0.29, 0.717) is 0 Å². The van der Waals surface area contributed by atoms with E-state index in [1.165, 1.54) is 69.9 Å². The molecule has 0 bridgehead atoms. The first kappa shape index (κ1) is 26.8. The molecule has 0 fully saturated rings. The van der Waals surface area contributed by atoms with Gasteiger partial charge in [-0.3, -0.25) is 0 Å². The van der Waals surface area contributed by atoms with Crippen LogP contribution in [0, 0.1) is 0 Å². The summed E-state index contributed by atoms with van der Waals surface area (Å²) >= 11 is 1.76. The molecule has 3 nitrogen and oxygen atoms in total. The lowest BCUT2D eigenvalue weighted by Crippen LogP contribution is -1.96. The number of nitrogens with zero attached hydrogens (tertiary/aromatic N) is 3. The summed E-state index contributed by atoms with van der Waals surface area (Å²) in [5.74, 6) is 0. The van der Waals surface area contributed by atoms with Gasteiger partial charge in [-0.25, -0.2) is 4.98 Å². The first-order chi connectivity index (χ1) is 24.3. The van der Waals surface area contributed by atoms with Crippen molar-refractivity contribution in [1.29, 1.82) is 0 Å². The molecule has 0 aliphatic carbocycles. The third kappa shape index (κ3) is 3.86. The minimum Gasteiger partial charge on any atom is -0.309 e. The van der Waals surface area contributed by atoms with Gasteiger partial charge in [-0.05, 0) is 70.8 Å². The van der Waals surface area contributed by atoms with Gasteiger partial charge in [0.2, 0.25) is 0 Å². The highest BCUT2D eigenvalue weighted by atomic mass is 32.1. The highest BCUT2D eigenvalue weighted by Gasteiger charge is 2.19. The second kappa shape index (κ2) is 10.1. The molecule has 0 radical (unpaired) electrons. The van der Waals surface area contributed by atoms with Crippen LogP contribution in [0.2, 0.25) is 0 Å². The van der Waals surface area contributed by atoms with Crippen LogP contribution in [-0.2, 0) is 0 Å². The summed E-state index contributed by atoms with van der Waals surface area (Å²) in [6.07, 6.45) is 0. The molecule has 3 aromatic heterocycles. The molecule has 0 aliphatic rings. The Morgan fingerprint density at radius 3 is 1.76 bits per heavy atom.